The number of hydrogen-bond donors (Lipinski definition) is 0. The van der Waals surface area contributed by atoms with Crippen molar-refractivity contribution >= 4 is 6.29 Å². The molecule has 0 saturated heterocycles. The summed E-state index contributed by atoms with van der Waals surface area (Å²) in [6, 6.07) is 7.18. The number of carbonyl (C=O) groups excluding carboxylic acids is 1. The molecule has 0 bridgehead atoms. The van der Waals surface area contributed by atoms with E-state index in [1.165, 1.54) is 0 Å². The highest BCUT2D eigenvalue weighted by molar-refractivity contribution is 5.80. The van der Waals surface area contributed by atoms with E-state index in [4.69, 9.17) is 9.47 Å². The highest BCUT2D eigenvalue weighted by Crippen LogP contribution is 2.27. The molecule has 0 aliphatic carbocycles. The highest BCUT2D eigenvalue weighted by atomic mass is 16.5. The van der Waals surface area contributed by atoms with Crippen molar-refractivity contribution in [3.63, 3.8) is 0 Å². The molecule has 4 heteroatoms. The Kier molecular flexibility index (Phi) is 3.57. The molecule has 2 rings (SSSR count). The van der Waals surface area contributed by atoms with Gasteiger partial charge in [-0.25, -0.2) is 0 Å². The van der Waals surface area contributed by atoms with Crippen LogP contribution in [0, 0.1) is 0 Å². The SMILES string of the molecule is COc1cncc(-c2cc(C=O)cc(OC)c2)c1. The summed E-state index contributed by atoms with van der Waals surface area (Å²) in [5.74, 6) is 1.31. The van der Waals surface area contributed by atoms with Crippen molar-refractivity contribution < 1.29 is 14.3 Å². The number of methoxy groups -OCH3 is 2. The lowest BCUT2D eigenvalue weighted by atomic mass is 10.0. The van der Waals surface area contributed by atoms with E-state index in [2.05, 4.69) is 4.98 Å². The average molecular weight is 243 g/mol. The Morgan fingerprint density at radius 2 is 1.67 bits per heavy atom. The lowest BCUT2D eigenvalue weighted by molar-refractivity contribution is 0.112. The number of nitrogens with zero attached hydrogens (tertiary/aromatic N) is 1. The number of rotatable bonds is 4. The van der Waals surface area contributed by atoms with Crippen molar-refractivity contribution in [3.05, 3.63) is 42.2 Å². The van der Waals surface area contributed by atoms with Crippen LogP contribution >= 0.6 is 0 Å². The summed E-state index contributed by atoms with van der Waals surface area (Å²) in [5, 5.41) is 0. The molecule has 2 aromatic rings. The lowest BCUT2D eigenvalue weighted by Gasteiger charge is -2.07. The van der Waals surface area contributed by atoms with Gasteiger partial charge < -0.3 is 9.47 Å². The van der Waals surface area contributed by atoms with Crippen LogP contribution in [0.2, 0.25) is 0 Å². The van der Waals surface area contributed by atoms with Crippen molar-refractivity contribution in [2.24, 2.45) is 0 Å². The molecule has 0 spiro atoms. The fourth-order valence-corrected chi connectivity index (χ4v) is 1.66. The minimum atomic E-state index is 0.562. The molecule has 1 aromatic carbocycles. The van der Waals surface area contributed by atoms with Crippen LogP contribution in [-0.2, 0) is 0 Å². The maximum Gasteiger partial charge on any atom is 0.150 e. The van der Waals surface area contributed by atoms with Crippen LogP contribution in [0.4, 0.5) is 0 Å². The number of aromatic nitrogens is 1. The molecule has 0 aliphatic rings. The van der Waals surface area contributed by atoms with Crippen LogP contribution in [0.1, 0.15) is 10.4 Å². The Hall–Kier alpha value is -2.36. The van der Waals surface area contributed by atoms with Crippen LogP contribution in [-0.4, -0.2) is 25.5 Å². The minimum Gasteiger partial charge on any atom is -0.497 e. The molecule has 0 radical (unpaired) electrons. The van der Waals surface area contributed by atoms with Crippen molar-refractivity contribution in [3.8, 4) is 22.6 Å². The topological polar surface area (TPSA) is 48.4 Å². The van der Waals surface area contributed by atoms with Gasteiger partial charge in [0.1, 0.15) is 17.8 Å². The molecule has 1 aromatic heterocycles. The Morgan fingerprint density at radius 3 is 2.33 bits per heavy atom. The van der Waals surface area contributed by atoms with Crippen LogP contribution in [0.15, 0.2) is 36.7 Å². The fourth-order valence-electron chi connectivity index (χ4n) is 1.66. The number of hydrogen-bond acceptors (Lipinski definition) is 4. The molecule has 0 fully saturated rings. The van der Waals surface area contributed by atoms with Gasteiger partial charge in [-0.2, -0.15) is 0 Å². The van der Waals surface area contributed by atoms with Gasteiger partial charge in [-0.1, -0.05) is 0 Å². The van der Waals surface area contributed by atoms with Gasteiger partial charge in [-0.3, -0.25) is 9.78 Å². The van der Waals surface area contributed by atoms with Gasteiger partial charge in [-0.15, -0.1) is 0 Å². The van der Waals surface area contributed by atoms with Crippen molar-refractivity contribution in [2.45, 2.75) is 0 Å². The molecule has 0 N–H and O–H groups in total. The lowest BCUT2D eigenvalue weighted by Crippen LogP contribution is -1.90. The molecule has 0 amide bonds. The monoisotopic (exact) mass is 243 g/mol. The number of aldehydes is 1. The van der Waals surface area contributed by atoms with E-state index in [0.29, 0.717) is 17.1 Å². The second-order valence-electron chi connectivity index (χ2n) is 3.73. The first-order valence-electron chi connectivity index (χ1n) is 5.40. The van der Waals surface area contributed by atoms with Crippen molar-refractivity contribution in [2.75, 3.05) is 14.2 Å². The number of ether oxygens (including phenoxy) is 2. The third kappa shape index (κ3) is 2.48. The van der Waals surface area contributed by atoms with Gasteiger partial charge >= 0.3 is 0 Å². The first-order valence-corrected chi connectivity index (χ1v) is 5.40. The van der Waals surface area contributed by atoms with E-state index in [9.17, 15) is 4.79 Å². The summed E-state index contributed by atoms with van der Waals surface area (Å²) < 4.78 is 10.3. The zero-order chi connectivity index (χ0) is 13.0. The van der Waals surface area contributed by atoms with E-state index >= 15 is 0 Å². The summed E-state index contributed by atoms with van der Waals surface area (Å²) in [6.07, 6.45) is 4.13. The molecule has 0 atom stereocenters. The quantitative estimate of drug-likeness (QED) is 0.774. The Morgan fingerprint density at radius 1 is 0.944 bits per heavy atom. The van der Waals surface area contributed by atoms with Crippen LogP contribution < -0.4 is 9.47 Å². The predicted molar refractivity (Wildman–Crippen MR) is 68.2 cm³/mol. The van der Waals surface area contributed by atoms with Gasteiger partial charge in [-0.05, 0) is 29.8 Å². The number of pyridine rings is 1. The fraction of sp³-hybridized carbons (Fsp3) is 0.143. The van der Waals surface area contributed by atoms with Gasteiger partial charge in [0, 0.05) is 17.3 Å². The maximum absolute atomic E-state index is 10.9. The molecule has 18 heavy (non-hydrogen) atoms. The van der Waals surface area contributed by atoms with Crippen molar-refractivity contribution in [1.82, 2.24) is 4.98 Å². The van der Waals surface area contributed by atoms with Gasteiger partial charge in [0.2, 0.25) is 0 Å². The first-order chi connectivity index (χ1) is 8.76. The Bertz CT molecular complexity index is 567. The van der Waals surface area contributed by atoms with Gasteiger partial charge in [0.05, 0.1) is 20.4 Å². The van der Waals surface area contributed by atoms with Crippen LogP contribution in [0.5, 0.6) is 11.5 Å². The molecule has 4 nitrogen and oxygen atoms in total. The first kappa shape index (κ1) is 12.1. The third-order valence-electron chi connectivity index (χ3n) is 2.58. The normalized spacial score (nSPS) is 9.89. The van der Waals surface area contributed by atoms with E-state index in [1.54, 1.807) is 38.7 Å². The molecule has 0 saturated carbocycles. The standard InChI is InChI=1S/C14H13NO3/c1-17-13-4-10(9-16)3-11(5-13)12-6-14(18-2)8-15-7-12/h3-9H,1-2H3. The zero-order valence-electron chi connectivity index (χ0n) is 10.2. The number of carbonyl (C=O) groups is 1. The molecular formula is C14H13NO3. The summed E-state index contributed by atoms with van der Waals surface area (Å²) in [5.41, 5.74) is 2.30. The second kappa shape index (κ2) is 5.31. The largest absolute Gasteiger partial charge is 0.497 e. The van der Waals surface area contributed by atoms with E-state index in [-0.39, 0.29) is 0 Å². The maximum atomic E-state index is 10.9. The van der Waals surface area contributed by atoms with Gasteiger partial charge in [0.15, 0.2) is 0 Å². The zero-order valence-corrected chi connectivity index (χ0v) is 10.2. The molecule has 1 heterocycles. The summed E-state index contributed by atoms with van der Waals surface area (Å²) in [4.78, 5) is 15.0. The van der Waals surface area contributed by atoms with E-state index in [1.807, 2.05) is 12.1 Å². The predicted octanol–water partition coefficient (Wildman–Crippen LogP) is 2.58. The summed E-state index contributed by atoms with van der Waals surface area (Å²) in [6.45, 7) is 0. The average Bonchev–Trinajstić information content (AvgIpc) is 2.46. The molecule has 92 valence electrons. The Balaban J connectivity index is 2.51. The number of benzene rings is 1. The highest BCUT2D eigenvalue weighted by Gasteiger charge is 2.05. The van der Waals surface area contributed by atoms with Crippen LogP contribution in [0.3, 0.4) is 0 Å². The Labute approximate surface area is 105 Å². The minimum absolute atomic E-state index is 0.562. The van der Waals surface area contributed by atoms with Crippen molar-refractivity contribution in [1.29, 1.82) is 0 Å². The second-order valence-corrected chi connectivity index (χ2v) is 3.73. The van der Waals surface area contributed by atoms with E-state index < -0.39 is 0 Å². The summed E-state index contributed by atoms with van der Waals surface area (Å²) in [7, 11) is 3.15. The molecular weight excluding hydrogens is 230 g/mol. The summed E-state index contributed by atoms with van der Waals surface area (Å²) >= 11 is 0. The van der Waals surface area contributed by atoms with Gasteiger partial charge in [0.25, 0.3) is 0 Å². The van der Waals surface area contributed by atoms with E-state index in [0.717, 1.165) is 17.4 Å². The third-order valence-corrected chi connectivity index (χ3v) is 2.58. The molecule has 0 unspecified atom stereocenters. The smallest absolute Gasteiger partial charge is 0.150 e. The molecule has 0 aliphatic heterocycles. The van der Waals surface area contributed by atoms with Crippen LogP contribution in [0.25, 0.3) is 11.1 Å².